The van der Waals surface area contributed by atoms with Gasteiger partial charge in [0.2, 0.25) is 5.91 Å². The van der Waals surface area contributed by atoms with Crippen LogP contribution in [0, 0.1) is 6.92 Å². The van der Waals surface area contributed by atoms with Crippen molar-refractivity contribution >= 4 is 18.1 Å². The molecular formula is C18H24N4O3. The number of nitrogens with zero attached hydrogens (tertiary/aromatic N) is 4. The van der Waals surface area contributed by atoms with E-state index < -0.39 is 0 Å². The largest absolute Gasteiger partial charge is 0.452 e. The SMILES string of the molecule is COC(=O)N1C=Cc2c(nc(C)n2C2CC3CCC(C2)N3C(C)=O)C1. The Hall–Kier alpha value is -2.31. The lowest BCUT2D eigenvalue weighted by Gasteiger charge is -2.39. The summed E-state index contributed by atoms with van der Waals surface area (Å²) in [7, 11) is 1.38. The predicted octanol–water partition coefficient (Wildman–Crippen LogP) is 2.46. The van der Waals surface area contributed by atoms with Crippen molar-refractivity contribution in [2.24, 2.45) is 0 Å². The summed E-state index contributed by atoms with van der Waals surface area (Å²) in [6, 6.07) is 1.05. The first-order valence-corrected chi connectivity index (χ1v) is 8.89. The van der Waals surface area contributed by atoms with Gasteiger partial charge in [-0.2, -0.15) is 0 Å². The van der Waals surface area contributed by atoms with Crippen LogP contribution in [0.4, 0.5) is 4.79 Å². The Morgan fingerprint density at radius 3 is 2.48 bits per heavy atom. The smallest absolute Gasteiger partial charge is 0.413 e. The molecule has 7 heteroatoms. The van der Waals surface area contributed by atoms with Crippen LogP contribution in [0.1, 0.15) is 55.9 Å². The summed E-state index contributed by atoms with van der Waals surface area (Å²) in [5.74, 6) is 1.17. The zero-order valence-electron chi connectivity index (χ0n) is 14.9. The fourth-order valence-electron chi connectivity index (χ4n) is 4.86. The molecule has 3 aliphatic heterocycles. The van der Waals surface area contributed by atoms with Crippen molar-refractivity contribution in [3.63, 3.8) is 0 Å². The van der Waals surface area contributed by atoms with Gasteiger partial charge in [0.1, 0.15) is 5.82 Å². The molecule has 0 spiro atoms. The molecule has 7 nitrogen and oxygen atoms in total. The van der Waals surface area contributed by atoms with Crippen LogP contribution in [-0.2, 0) is 16.1 Å². The summed E-state index contributed by atoms with van der Waals surface area (Å²) < 4.78 is 7.10. The fourth-order valence-corrected chi connectivity index (χ4v) is 4.86. The van der Waals surface area contributed by atoms with Crippen molar-refractivity contribution in [3.8, 4) is 0 Å². The van der Waals surface area contributed by atoms with E-state index in [1.807, 2.05) is 13.0 Å². The molecule has 0 aromatic carbocycles. The van der Waals surface area contributed by atoms with Crippen molar-refractivity contribution in [2.75, 3.05) is 7.11 Å². The number of carbonyl (C=O) groups excluding carboxylic acids is 2. The van der Waals surface area contributed by atoms with Crippen LogP contribution in [0.2, 0.25) is 0 Å². The first-order valence-electron chi connectivity index (χ1n) is 8.89. The van der Waals surface area contributed by atoms with Crippen molar-refractivity contribution in [2.45, 2.75) is 64.2 Å². The number of rotatable bonds is 1. The second-order valence-electron chi connectivity index (χ2n) is 7.21. The number of aromatic nitrogens is 2. The number of methoxy groups -OCH3 is 1. The monoisotopic (exact) mass is 344 g/mol. The van der Waals surface area contributed by atoms with Crippen LogP contribution < -0.4 is 0 Å². The number of amides is 2. The second kappa shape index (κ2) is 5.89. The highest BCUT2D eigenvalue weighted by Crippen LogP contribution is 2.42. The van der Waals surface area contributed by atoms with E-state index in [-0.39, 0.29) is 12.0 Å². The van der Waals surface area contributed by atoms with Crippen LogP contribution in [-0.4, -0.2) is 50.5 Å². The number of carbonyl (C=O) groups is 2. The average Bonchev–Trinajstić information content (AvgIpc) is 3.06. The Morgan fingerprint density at radius 2 is 1.88 bits per heavy atom. The Morgan fingerprint density at radius 1 is 1.20 bits per heavy atom. The number of hydrogen-bond acceptors (Lipinski definition) is 4. The standard InChI is InChI=1S/C18H24N4O3/c1-11-19-16-10-20(18(24)25-3)7-6-17(16)21(11)15-8-13-4-5-14(9-15)22(13)12(2)23/h6-7,13-15H,4-5,8-10H2,1-3H3. The first-order chi connectivity index (χ1) is 12.0. The van der Waals surface area contributed by atoms with E-state index in [4.69, 9.17) is 9.72 Å². The number of hydrogen-bond donors (Lipinski definition) is 0. The fraction of sp³-hybridized carbons (Fsp3) is 0.611. The lowest BCUT2D eigenvalue weighted by atomic mass is 9.96. The maximum atomic E-state index is 11.9. The van der Waals surface area contributed by atoms with Crippen molar-refractivity contribution < 1.29 is 14.3 Å². The molecule has 2 unspecified atom stereocenters. The molecule has 3 aliphatic rings. The topological polar surface area (TPSA) is 67.7 Å². The molecule has 2 fully saturated rings. The summed E-state index contributed by atoms with van der Waals surface area (Å²) >= 11 is 0. The van der Waals surface area contributed by atoms with Gasteiger partial charge >= 0.3 is 6.09 Å². The van der Waals surface area contributed by atoms with Gasteiger partial charge in [0, 0.05) is 31.2 Å². The summed E-state index contributed by atoms with van der Waals surface area (Å²) in [6.07, 6.45) is 7.51. The normalized spacial score (nSPS) is 27.4. The Balaban J connectivity index is 1.61. The lowest BCUT2D eigenvalue weighted by Crippen LogP contribution is -2.46. The molecule has 2 saturated heterocycles. The van der Waals surface area contributed by atoms with Gasteiger partial charge < -0.3 is 14.2 Å². The molecule has 4 rings (SSSR count). The summed E-state index contributed by atoms with van der Waals surface area (Å²) in [4.78, 5) is 32.0. The first kappa shape index (κ1) is 16.2. The molecule has 25 heavy (non-hydrogen) atoms. The summed E-state index contributed by atoms with van der Waals surface area (Å²) in [6.45, 7) is 4.14. The number of imidazole rings is 1. The van der Waals surface area contributed by atoms with E-state index in [9.17, 15) is 9.59 Å². The molecule has 1 aromatic rings. The van der Waals surface area contributed by atoms with Crippen molar-refractivity contribution in [3.05, 3.63) is 23.4 Å². The number of aryl methyl sites for hydroxylation is 1. The van der Waals surface area contributed by atoms with Crippen LogP contribution in [0.15, 0.2) is 6.20 Å². The van der Waals surface area contributed by atoms with Gasteiger partial charge in [-0.3, -0.25) is 9.69 Å². The van der Waals surface area contributed by atoms with E-state index in [2.05, 4.69) is 9.47 Å². The third-order valence-corrected chi connectivity index (χ3v) is 5.78. The highest BCUT2D eigenvalue weighted by atomic mass is 16.5. The third-order valence-electron chi connectivity index (χ3n) is 5.78. The third kappa shape index (κ3) is 2.53. The molecule has 0 radical (unpaired) electrons. The minimum atomic E-state index is -0.373. The molecule has 0 saturated carbocycles. The average molecular weight is 344 g/mol. The Bertz CT molecular complexity index is 740. The van der Waals surface area contributed by atoms with Crippen LogP contribution in [0.5, 0.6) is 0 Å². The van der Waals surface area contributed by atoms with Gasteiger partial charge in [-0.05, 0) is 38.7 Å². The van der Waals surface area contributed by atoms with Crippen LogP contribution >= 0.6 is 0 Å². The maximum Gasteiger partial charge on any atom is 0.413 e. The quantitative estimate of drug-likeness (QED) is 0.785. The van der Waals surface area contributed by atoms with Crippen LogP contribution in [0.25, 0.3) is 6.08 Å². The molecule has 0 N–H and O–H groups in total. The molecule has 2 atom stereocenters. The van der Waals surface area contributed by atoms with E-state index in [0.29, 0.717) is 24.7 Å². The van der Waals surface area contributed by atoms with E-state index in [1.54, 1.807) is 13.1 Å². The van der Waals surface area contributed by atoms with Gasteiger partial charge in [0.05, 0.1) is 25.0 Å². The molecule has 4 heterocycles. The molecule has 2 amide bonds. The van der Waals surface area contributed by atoms with Gasteiger partial charge in [-0.1, -0.05) is 0 Å². The Kier molecular flexibility index (Phi) is 3.81. The minimum Gasteiger partial charge on any atom is -0.452 e. The minimum absolute atomic E-state index is 0.198. The highest BCUT2D eigenvalue weighted by molar-refractivity contribution is 5.74. The van der Waals surface area contributed by atoms with E-state index in [0.717, 1.165) is 42.9 Å². The van der Waals surface area contributed by atoms with Crippen molar-refractivity contribution in [1.82, 2.24) is 19.4 Å². The van der Waals surface area contributed by atoms with Crippen molar-refractivity contribution in [1.29, 1.82) is 0 Å². The number of fused-ring (bicyclic) bond motifs is 3. The predicted molar refractivity (Wildman–Crippen MR) is 91.5 cm³/mol. The van der Waals surface area contributed by atoms with Gasteiger partial charge in [0.25, 0.3) is 0 Å². The zero-order valence-corrected chi connectivity index (χ0v) is 14.9. The van der Waals surface area contributed by atoms with Crippen LogP contribution in [0.3, 0.4) is 0 Å². The molecule has 134 valence electrons. The highest BCUT2D eigenvalue weighted by Gasteiger charge is 2.43. The lowest BCUT2D eigenvalue weighted by molar-refractivity contribution is -0.133. The maximum absolute atomic E-state index is 11.9. The second-order valence-corrected chi connectivity index (χ2v) is 7.21. The van der Waals surface area contributed by atoms with Gasteiger partial charge in [-0.15, -0.1) is 0 Å². The number of ether oxygens (including phenoxy) is 1. The van der Waals surface area contributed by atoms with E-state index in [1.165, 1.54) is 12.0 Å². The zero-order chi connectivity index (χ0) is 17.7. The molecule has 1 aromatic heterocycles. The summed E-state index contributed by atoms with van der Waals surface area (Å²) in [5.41, 5.74) is 1.99. The summed E-state index contributed by atoms with van der Waals surface area (Å²) in [5, 5.41) is 0. The van der Waals surface area contributed by atoms with E-state index >= 15 is 0 Å². The Labute approximate surface area is 147 Å². The number of piperidine rings is 1. The molecule has 2 bridgehead atoms. The van der Waals surface area contributed by atoms with Gasteiger partial charge in [0.15, 0.2) is 0 Å². The molecular weight excluding hydrogens is 320 g/mol. The van der Waals surface area contributed by atoms with Gasteiger partial charge in [-0.25, -0.2) is 9.78 Å². The molecule has 0 aliphatic carbocycles.